The molecule has 0 aliphatic heterocycles. The van der Waals surface area contributed by atoms with Crippen LogP contribution in [0.15, 0.2) is 0 Å². The third-order valence-corrected chi connectivity index (χ3v) is 1.96. The maximum Gasteiger partial charge on any atom is 0.309 e. The summed E-state index contributed by atoms with van der Waals surface area (Å²) in [6.45, 7) is 4.47. The summed E-state index contributed by atoms with van der Waals surface area (Å²) in [5.41, 5.74) is 0. The van der Waals surface area contributed by atoms with Crippen molar-refractivity contribution in [2.45, 2.75) is 26.3 Å². The fourth-order valence-corrected chi connectivity index (χ4v) is 0.875. The zero-order chi connectivity index (χ0) is 12.4. The van der Waals surface area contributed by atoms with E-state index in [1.807, 2.05) is 13.8 Å². The van der Waals surface area contributed by atoms with Crippen LogP contribution in [0.25, 0.3) is 0 Å². The van der Waals surface area contributed by atoms with Crippen LogP contribution in [-0.4, -0.2) is 49.3 Å². The molecule has 16 heavy (non-hydrogen) atoms. The highest BCUT2D eigenvalue weighted by molar-refractivity contribution is 6.35. The monoisotopic (exact) mass is 232 g/mol. The molecule has 0 radical (unpaired) electrons. The quantitative estimate of drug-likeness (QED) is 0.389. The molecule has 0 rings (SSSR count). The predicted octanol–water partition coefficient (Wildman–Crippen LogP) is -0.974. The number of rotatable bonds is 7. The molecule has 6 nitrogen and oxygen atoms in total. The van der Waals surface area contributed by atoms with E-state index in [1.165, 1.54) is 0 Å². The number of hydrogen-bond donors (Lipinski definition) is 3. The molecule has 0 aliphatic carbocycles. The van der Waals surface area contributed by atoms with Crippen LogP contribution in [0.2, 0.25) is 0 Å². The maximum absolute atomic E-state index is 11.2. The molecule has 0 aromatic rings. The lowest BCUT2D eigenvalue weighted by Gasteiger charge is -2.11. The van der Waals surface area contributed by atoms with E-state index in [9.17, 15) is 9.59 Å². The van der Waals surface area contributed by atoms with Gasteiger partial charge in [0.1, 0.15) is 0 Å². The third-order valence-electron chi connectivity index (χ3n) is 1.96. The highest BCUT2D eigenvalue weighted by Crippen LogP contribution is 1.86. The molecule has 1 unspecified atom stereocenters. The normalized spacial score (nSPS) is 11.9. The number of aliphatic hydroxyl groups is 1. The molecule has 0 spiro atoms. The van der Waals surface area contributed by atoms with Crippen molar-refractivity contribution in [2.24, 2.45) is 0 Å². The number of hydrogen-bond acceptors (Lipinski definition) is 4. The van der Waals surface area contributed by atoms with E-state index in [1.54, 1.807) is 0 Å². The van der Waals surface area contributed by atoms with Crippen LogP contribution in [-0.2, 0) is 14.3 Å². The largest absolute Gasteiger partial charge is 0.394 e. The Hall–Kier alpha value is -1.14. The van der Waals surface area contributed by atoms with Crippen molar-refractivity contribution in [1.82, 2.24) is 10.6 Å². The molecule has 2 amide bonds. The molecule has 0 aliphatic rings. The van der Waals surface area contributed by atoms with E-state index in [0.717, 1.165) is 6.42 Å². The van der Waals surface area contributed by atoms with Gasteiger partial charge in [0.15, 0.2) is 0 Å². The van der Waals surface area contributed by atoms with Crippen molar-refractivity contribution in [1.29, 1.82) is 0 Å². The highest BCUT2D eigenvalue weighted by atomic mass is 16.5. The van der Waals surface area contributed by atoms with Gasteiger partial charge in [-0.2, -0.15) is 0 Å². The van der Waals surface area contributed by atoms with Gasteiger partial charge in [0, 0.05) is 12.6 Å². The molecule has 3 N–H and O–H groups in total. The van der Waals surface area contributed by atoms with Gasteiger partial charge in [0.05, 0.1) is 19.8 Å². The summed E-state index contributed by atoms with van der Waals surface area (Å²) < 4.78 is 4.92. The van der Waals surface area contributed by atoms with Gasteiger partial charge in [0.2, 0.25) is 0 Å². The van der Waals surface area contributed by atoms with Crippen molar-refractivity contribution >= 4 is 11.8 Å². The first-order valence-electron chi connectivity index (χ1n) is 5.39. The zero-order valence-electron chi connectivity index (χ0n) is 9.78. The van der Waals surface area contributed by atoms with Crippen molar-refractivity contribution in [3.05, 3.63) is 0 Å². The van der Waals surface area contributed by atoms with Crippen molar-refractivity contribution in [3.63, 3.8) is 0 Å². The number of nitrogens with one attached hydrogen (secondary N) is 2. The van der Waals surface area contributed by atoms with E-state index >= 15 is 0 Å². The van der Waals surface area contributed by atoms with Crippen LogP contribution in [0.3, 0.4) is 0 Å². The van der Waals surface area contributed by atoms with Crippen molar-refractivity contribution in [3.8, 4) is 0 Å². The SMILES string of the molecule is CCC(C)NC(=O)C(=O)NCCOCCO. The molecule has 0 aromatic carbocycles. The first kappa shape index (κ1) is 14.9. The summed E-state index contributed by atoms with van der Waals surface area (Å²) in [6.07, 6.45) is 0.776. The Morgan fingerprint density at radius 2 is 2.00 bits per heavy atom. The van der Waals surface area contributed by atoms with Crippen LogP contribution in [0.4, 0.5) is 0 Å². The maximum atomic E-state index is 11.2. The van der Waals surface area contributed by atoms with Gasteiger partial charge in [0.25, 0.3) is 0 Å². The van der Waals surface area contributed by atoms with Gasteiger partial charge in [-0.1, -0.05) is 6.92 Å². The second-order valence-electron chi connectivity index (χ2n) is 3.37. The average Bonchev–Trinajstić information content (AvgIpc) is 2.28. The zero-order valence-corrected chi connectivity index (χ0v) is 9.78. The van der Waals surface area contributed by atoms with Gasteiger partial charge >= 0.3 is 11.8 Å². The Morgan fingerprint density at radius 1 is 1.31 bits per heavy atom. The minimum atomic E-state index is -0.659. The molecule has 0 aromatic heterocycles. The standard InChI is InChI=1S/C10H20N2O4/c1-3-8(2)12-10(15)9(14)11-4-6-16-7-5-13/h8,13H,3-7H2,1-2H3,(H,11,14)(H,12,15). The third kappa shape index (κ3) is 7.19. The summed E-state index contributed by atoms with van der Waals surface area (Å²) >= 11 is 0. The molecule has 0 bridgehead atoms. The van der Waals surface area contributed by atoms with Gasteiger partial charge in [-0.3, -0.25) is 9.59 Å². The molecule has 1 atom stereocenters. The highest BCUT2D eigenvalue weighted by Gasteiger charge is 2.14. The lowest BCUT2D eigenvalue weighted by molar-refractivity contribution is -0.139. The Bertz CT molecular complexity index is 221. The first-order valence-corrected chi connectivity index (χ1v) is 5.39. The summed E-state index contributed by atoms with van der Waals surface area (Å²) in [4.78, 5) is 22.4. The lowest BCUT2D eigenvalue weighted by atomic mass is 10.2. The van der Waals surface area contributed by atoms with E-state index < -0.39 is 11.8 Å². The van der Waals surface area contributed by atoms with Gasteiger partial charge < -0.3 is 20.5 Å². The Kier molecular flexibility index (Phi) is 8.46. The second-order valence-corrected chi connectivity index (χ2v) is 3.37. The Labute approximate surface area is 95.4 Å². The number of aliphatic hydroxyl groups excluding tert-OH is 1. The van der Waals surface area contributed by atoms with Gasteiger partial charge in [-0.25, -0.2) is 0 Å². The average molecular weight is 232 g/mol. The van der Waals surface area contributed by atoms with E-state index in [2.05, 4.69) is 10.6 Å². The second kappa shape index (κ2) is 9.11. The van der Waals surface area contributed by atoms with E-state index in [0.29, 0.717) is 0 Å². The van der Waals surface area contributed by atoms with Crippen molar-refractivity contribution < 1.29 is 19.4 Å². The van der Waals surface area contributed by atoms with E-state index in [4.69, 9.17) is 9.84 Å². The van der Waals surface area contributed by atoms with Crippen LogP contribution in [0.5, 0.6) is 0 Å². The topological polar surface area (TPSA) is 87.7 Å². The summed E-state index contributed by atoms with van der Waals surface area (Å²) in [7, 11) is 0. The molecular formula is C10H20N2O4. The van der Waals surface area contributed by atoms with Crippen LogP contribution >= 0.6 is 0 Å². The van der Waals surface area contributed by atoms with E-state index in [-0.39, 0.29) is 32.4 Å². The first-order chi connectivity index (χ1) is 7.61. The molecule has 0 saturated carbocycles. The molecule has 94 valence electrons. The van der Waals surface area contributed by atoms with Gasteiger partial charge in [-0.05, 0) is 13.3 Å². The number of carbonyl (C=O) groups excluding carboxylic acids is 2. The molecule has 6 heteroatoms. The summed E-state index contributed by atoms with van der Waals surface area (Å²) in [5, 5.41) is 13.4. The molecule has 0 saturated heterocycles. The predicted molar refractivity (Wildman–Crippen MR) is 58.8 cm³/mol. The van der Waals surface area contributed by atoms with Crippen LogP contribution < -0.4 is 10.6 Å². The number of amides is 2. The van der Waals surface area contributed by atoms with Crippen LogP contribution in [0.1, 0.15) is 20.3 Å². The molecule has 0 heterocycles. The smallest absolute Gasteiger partial charge is 0.309 e. The molecular weight excluding hydrogens is 212 g/mol. The van der Waals surface area contributed by atoms with Crippen LogP contribution in [0, 0.1) is 0 Å². The fraction of sp³-hybridized carbons (Fsp3) is 0.800. The number of carbonyl (C=O) groups is 2. The Balaban J connectivity index is 3.59. The Morgan fingerprint density at radius 3 is 2.56 bits per heavy atom. The van der Waals surface area contributed by atoms with Gasteiger partial charge in [-0.15, -0.1) is 0 Å². The fourth-order valence-electron chi connectivity index (χ4n) is 0.875. The molecule has 0 fully saturated rings. The minimum absolute atomic E-state index is 0.0103. The summed E-state index contributed by atoms with van der Waals surface area (Å²) in [6, 6.07) is -0.0103. The summed E-state index contributed by atoms with van der Waals surface area (Å²) in [5.74, 6) is -1.29. The minimum Gasteiger partial charge on any atom is -0.394 e. The number of ether oxygens (including phenoxy) is 1. The van der Waals surface area contributed by atoms with Crippen molar-refractivity contribution in [2.75, 3.05) is 26.4 Å². The lowest BCUT2D eigenvalue weighted by Crippen LogP contribution is -2.44.